The molecule has 1 saturated heterocycles. The van der Waals surface area contributed by atoms with Crippen LogP contribution >= 0.6 is 0 Å². The molecule has 6 heteroatoms. The number of fused-ring (bicyclic) bond motifs is 1. The number of imidazole rings is 1. The standard InChI is InChI=1S/C17H16N4O2/c22-16-7-6-12(11-19-16)17(23)21-9-2-4-14(21)13-3-1-5-15-18-8-10-20(13)15/h1,3,5-8,10-11,14H,2,4,9H2,(H,19,22)/t14-/m0/s1. The highest BCUT2D eigenvalue weighted by Gasteiger charge is 2.32. The van der Waals surface area contributed by atoms with E-state index in [9.17, 15) is 9.59 Å². The highest BCUT2D eigenvalue weighted by molar-refractivity contribution is 5.94. The number of nitrogens with one attached hydrogen (secondary N) is 1. The Morgan fingerprint density at radius 1 is 1.26 bits per heavy atom. The number of nitrogens with zero attached hydrogens (tertiary/aromatic N) is 3. The van der Waals surface area contributed by atoms with Crippen molar-refractivity contribution in [1.82, 2.24) is 19.3 Å². The SMILES string of the molecule is O=C(c1ccc(=O)[nH]c1)N1CCC[C@H]1c1cccc2nccn12. The van der Waals surface area contributed by atoms with Gasteiger partial charge in [-0.25, -0.2) is 4.98 Å². The van der Waals surface area contributed by atoms with Crippen molar-refractivity contribution in [2.75, 3.05) is 6.54 Å². The summed E-state index contributed by atoms with van der Waals surface area (Å²) in [6, 6.07) is 8.94. The lowest BCUT2D eigenvalue weighted by Gasteiger charge is -2.25. The molecule has 3 aromatic heterocycles. The van der Waals surface area contributed by atoms with Crippen LogP contribution in [0.1, 0.15) is 34.9 Å². The zero-order valence-electron chi connectivity index (χ0n) is 12.5. The number of aromatic amines is 1. The number of rotatable bonds is 2. The Bertz CT molecular complexity index is 907. The summed E-state index contributed by atoms with van der Waals surface area (Å²) >= 11 is 0. The van der Waals surface area contributed by atoms with Gasteiger partial charge in [0.1, 0.15) is 5.65 Å². The van der Waals surface area contributed by atoms with E-state index in [0.717, 1.165) is 24.2 Å². The summed E-state index contributed by atoms with van der Waals surface area (Å²) in [6.45, 7) is 0.716. The van der Waals surface area contributed by atoms with Crippen molar-refractivity contribution < 1.29 is 4.79 Å². The molecular weight excluding hydrogens is 292 g/mol. The van der Waals surface area contributed by atoms with E-state index in [4.69, 9.17) is 0 Å². The number of likely N-dealkylation sites (tertiary alicyclic amines) is 1. The molecule has 0 aliphatic carbocycles. The molecule has 6 nitrogen and oxygen atoms in total. The lowest BCUT2D eigenvalue weighted by molar-refractivity contribution is 0.0731. The van der Waals surface area contributed by atoms with Gasteiger partial charge >= 0.3 is 0 Å². The molecule has 0 radical (unpaired) electrons. The number of aromatic nitrogens is 3. The number of amides is 1. The summed E-state index contributed by atoms with van der Waals surface area (Å²) in [7, 11) is 0. The van der Waals surface area contributed by atoms with Gasteiger partial charge in [-0.3, -0.25) is 9.59 Å². The molecule has 1 amide bonds. The average Bonchev–Trinajstić information content (AvgIpc) is 3.23. The predicted octanol–water partition coefficient (Wildman–Crippen LogP) is 2.00. The molecule has 4 rings (SSSR count). The van der Waals surface area contributed by atoms with Crippen LogP contribution < -0.4 is 5.56 Å². The van der Waals surface area contributed by atoms with Gasteiger partial charge in [0, 0.05) is 36.9 Å². The maximum absolute atomic E-state index is 12.8. The highest BCUT2D eigenvalue weighted by atomic mass is 16.2. The van der Waals surface area contributed by atoms with E-state index in [-0.39, 0.29) is 17.5 Å². The summed E-state index contributed by atoms with van der Waals surface area (Å²) in [4.78, 5) is 32.7. The van der Waals surface area contributed by atoms with Crippen molar-refractivity contribution in [3.05, 3.63) is 70.5 Å². The van der Waals surface area contributed by atoms with Crippen molar-refractivity contribution in [3.8, 4) is 0 Å². The van der Waals surface area contributed by atoms with Crippen LogP contribution in [0, 0.1) is 0 Å². The maximum Gasteiger partial charge on any atom is 0.255 e. The molecule has 0 saturated carbocycles. The van der Waals surface area contributed by atoms with Gasteiger partial charge in [-0.1, -0.05) is 6.07 Å². The molecule has 1 aliphatic rings. The van der Waals surface area contributed by atoms with Gasteiger partial charge < -0.3 is 14.3 Å². The third kappa shape index (κ3) is 2.32. The predicted molar refractivity (Wildman–Crippen MR) is 85.3 cm³/mol. The summed E-state index contributed by atoms with van der Waals surface area (Å²) in [5, 5.41) is 0. The molecule has 1 aliphatic heterocycles. The fourth-order valence-corrected chi connectivity index (χ4v) is 3.27. The Kier molecular flexibility index (Phi) is 3.22. The van der Waals surface area contributed by atoms with E-state index in [0.29, 0.717) is 12.1 Å². The topological polar surface area (TPSA) is 70.5 Å². The zero-order chi connectivity index (χ0) is 15.8. The number of hydrogen-bond acceptors (Lipinski definition) is 3. The maximum atomic E-state index is 12.8. The number of pyridine rings is 2. The Morgan fingerprint density at radius 2 is 2.17 bits per heavy atom. The van der Waals surface area contributed by atoms with Crippen LogP contribution in [0.4, 0.5) is 0 Å². The fraction of sp³-hybridized carbons (Fsp3) is 0.235. The quantitative estimate of drug-likeness (QED) is 0.787. The van der Waals surface area contributed by atoms with Crippen LogP contribution in [0.3, 0.4) is 0 Å². The minimum atomic E-state index is -0.206. The van der Waals surface area contributed by atoms with Gasteiger partial charge in [-0.05, 0) is 31.0 Å². The molecule has 1 N–H and O–H groups in total. The first kappa shape index (κ1) is 13.8. The summed E-state index contributed by atoms with van der Waals surface area (Å²) in [5.41, 5.74) is 2.25. The van der Waals surface area contributed by atoms with E-state index in [1.165, 1.54) is 12.3 Å². The summed E-state index contributed by atoms with van der Waals surface area (Å²) in [5.74, 6) is -0.0548. The van der Waals surface area contributed by atoms with Crippen molar-refractivity contribution in [2.45, 2.75) is 18.9 Å². The van der Waals surface area contributed by atoms with E-state index >= 15 is 0 Å². The number of carbonyl (C=O) groups excluding carboxylic acids is 1. The lowest BCUT2D eigenvalue weighted by atomic mass is 10.1. The van der Waals surface area contributed by atoms with Gasteiger partial charge in [-0.15, -0.1) is 0 Å². The highest BCUT2D eigenvalue weighted by Crippen LogP contribution is 2.33. The van der Waals surface area contributed by atoms with Crippen LogP contribution in [0.25, 0.3) is 5.65 Å². The smallest absolute Gasteiger partial charge is 0.255 e. The molecule has 0 spiro atoms. The third-order valence-electron chi connectivity index (χ3n) is 4.35. The second-order valence-corrected chi connectivity index (χ2v) is 5.70. The lowest BCUT2D eigenvalue weighted by Crippen LogP contribution is -2.31. The van der Waals surface area contributed by atoms with Crippen LogP contribution in [-0.4, -0.2) is 31.7 Å². The zero-order valence-corrected chi connectivity index (χ0v) is 12.5. The Morgan fingerprint density at radius 3 is 3.00 bits per heavy atom. The van der Waals surface area contributed by atoms with E-state index in [1.54, 1.807) is 12.3 Å². The van der Waals surface area contributed by atoms with Crippen LogP contribution in [-0.2, 0) is 0 Å². The van der Waals surface area contributed by atoms with Gasteiger partial charge in [0.2, 0.25) is 5.56 Å². The minimum Gasteiger partial charge on any atom is -0.330 e. The number of hydrogen-bond donors (Lipinski definition) is 1. The van der Waals surface area contributed by atoms with Gasteiger partial charge in [-0.2, -0.15) is 0 Å². The molecule has 116 valence electrons. The van der Waals surface area contributed by atoms with Gasteiger partial charge in [0.05, 0.1) is 11.6 Å². The molecule has 1 atom stereocenters. The first-order valence-corrected chi connectivity index (χ1v) is 7.66. The van der Waals surface area contributed by atoms with Gasteiger partial charge in [0.15, 0.2) is 0 Å². The first-order valence-electron chi connectivity index (χ1n) is 7.66. The Labute approximate surface area is 132 Å². The van der Waals surface area contributed by atoms with Crippen molar-refractivity contribution >= 4 is 11.6 Å². The van der Waals surface area contributed by atoms with Crippen molar-refractivity contribution in [2.24, 2.45) is 0 Å². The largest absolute Gasteiger partial charge is 0.330 e. The molecular formula is C17H16N4O2. The van der Waals surface area contributed by atoms with Crippen molar-refractivity contribution in [3.63, 3.8) is 0 Å². The molecule has 0 unspecified atom stereocenters. The van der Waals surface area contributed by atoms with E-state index in [2.05, 4.69) is 9.97 Å². The molecule has 3 aromatic rings. The molecule has 23 heavy (non-hydrogen) atoms. The average molecular weight is 308 g/mol. The Hall–Kier alpha value is -2.89. The number of carbonyl (C=O) groups is 1. The Balaban J connectivity index is 1.71. The second-order valence-electron chi connectivity index (χ2n) is 5.70. The first-order chi connectivity index (χ1) is 11.2. The van der Waals surface area contributed by atoms with Crippen LogP contribution in [0.2, 0.25) is 0 Å². The summed E-state index contributed by atoms with van der Waals surface area (Å²) < 4.78 is 2.03. The normalized spacial score (nSPS) is 17.7. The summed E-state index contributed by atoms with van der Waals surface area (Å²) in [6.07, 6.45) is 7.06. The van der Waals surface area contributed by atoms with E-state index < -0.39 is 0 Å². The van der Waals surface area contributed by atoms with Crippen LogP contribution in [0.15, 0.2) is 53.7 Å². The minimum absolute atomic E-state index is 0.0207. The molecule has 1 fully saturated rings. The molecule has 4 heterocycles. The monoisotopic (exact) mass is 308 g/mol. The molecule has 0 aromatic carbocycles. The third-order valence-corrected chi connectivity index (χ3v) is 4.35. The van der Waals surface area contributed by atoms with E-state index in [1.807, 2.05) is 33.7 Å². The van der Waals surface area contributed by atoms with Crippen LogP contribution in [0.5, 0.6) is 0 Å². The fourth-order valence-electron chi connectivity index (χ4n) is 3.27. The number of H-pyrrole nitrogens is 1. The molecule has 0 bridgehead atoms. The van der Waals surface area contributed by atoms with Gasteiger partial charge in [0.25, 0.3) is 5.91 Å². The second kappa shape index (κ2) is 5.39. The van der Waals surface area contributed by atoms with Crippen molar-refractivity contribution in [1.29, 1.82) is 0 Å².